The summed E-state index contributed by atoms with van der Waals surface area (Å²) in [5.41, 5.74) is 7.00. The maximum Gasteiger partial charge on any atom is 0.411 e. The molecule has 0 aliphatic carbocycles. The average molecular weight is 383 g/mol. The van der Waals surface area contributed by atoms with E-state index in [1.165, 1.54) is 49.0 Å². The van der Waals surface area contributed by atoms with E-state index in [-0.39, 0.29) is 11.5 Å². The topological polar surface area (TPSA) is 97.8 Å². The molecule has 144 valence electrons. The third kappa shape index (κ3) is 3.80. The molecule has 0 unspecified atom stereocenters. The number of carboxylic acid groups (broad SMARTS) is 1. The van der Waals surface area contributed by atoms with Gasteiger partial charge in [-0.15, -0.1) is 0 Å². The molecule has 1 heterocycles. The highest BCUT2D eigenvalue weighted by Gasteiger charge is 2.17. The molecule has 0 aliphatic heterocycles. The number of benzene rings is 2. The summed E-state index contributed by atoms with van der Waals surface area (Å²) >= 11 is 0. The van der Waals surface area contributed by atoms with Gasteiger partial charge in [0.25, 0.3) is 5.56 Å². The lowest BCUT2D eigenvalue weighted by molar-refractivity contribution is 0.203. The molecule has 0 fully saturated rings. The first kappa shape index (κ1) is 19.0. The highest BCUT2D eigenvalue weighted by atomic mass is 19.1. The van der Waals surface area contributed by atoms with Crippen LogP contribution in [0.1, 0.15) is 0 Å². The van der Waals surface area contributed by atoms with Gasteiger partial charge >= 0.3 is 6.09 Å². The van der Waals surface area contributed by atoms with Crippen molar-refractivity contribution in [3.05, 3.63) is 70.9 Å². The van der Waals surface area contributed by atoms with Crippen LogP contribution < -0.4 is 20.9 Å². The fraction of sp³-hybridized carbons (Fsp3) is 0.100. The number of nitrogens with zero attached hydrogens (tertiary/aromatic N) is 2. The second kappa shape index (κ2) is 7.43. The fourth-order valence-electron chi connectivity index (χ4n) is 2.68. The van der Waals surface area contributed by atoms with Crippen LogP contribution in [0.3, 0.4) is 0 Å². The molecule has 3 aromatic rings. The third-order valence-electron chi connectivity index (χ3n) is 4.17. The highest BCUT2D eigenvalue weighted by molar-refractivity contribution is 5.87. The van der Waals surface area contributed by atoms with Crippen LogP contribution in [0.25, 0.3) is 11.1 Å². The first-order valence-electron chi connectivity index (χ1n) is 8.27. The minimum absolute atomic E-state index is 0.0114. The van der Waals surface area contributed by atoms with Gasteiger partial charge in [-0.05, 0) is 48.5 Å². The number of hydrogen-bond acceptors (Lipinski definition) is 4. The normalized spacial score (nSPS) is 10.5. The Labute approximate surface area is 160 Å². The molecule has 3 rings (SSSR count). The van der Waals surface area contributed by atoms with Gasteiger partial charge in [-0.25, -0.2) is 9.18 Å². The first-order chi connectivity index (χ1) is 13.3. The number of halogens is 1. The summed E-state index contributed by atoms with van der Waals surface area (Å²) in [7, 11) is 2.82. The molecule has 1 amide bonds. The van der Waals surface area contributed by atoms with E-state index in [1.54, 1.807) is 24.4 Å². The lowest BCUT2D eigenvalue weighted by Gasteiger charge is -2.17. The molecular formula is C20H18FN3O4. The number of amides is 1. The Morgan fingerprint density at radius 2 is 1.86 bits per heavy atom. The highest BCUT2D eigenvalue weighted by Crippen LogP contribution is 2.35. The predicted molar refractivity (Wildman–Crippen MR) is 104 cm³/mol. The van der Waals surface area contributed by atoms with Gasteiger partial charge in [0, 0.05) is 37.1 Å². The van der Waals surface area contributed by atoms with Crippen LogP contribution in [0.15, 0.2) is 59.5 Å². The number of pyridine rings is 1. The third-order valence-corrected chi connectivity index (χ3v) is 4.17. The van der Waals surface area contributed by atoms with E-state index in [2.05, 4.69) is 0 Å². The van der Waals surface area contributed by atoms with Crippen LogP contribution in [0.4, 0.5) is 20.6 Å². The Morgan fingerprint density at radius 3 is 2.50 bits per heavy atom. The largest absolute Gasteiger partial charge is 0.465 e. The Hall–Kier alpha value is -3.81. The lowest BCUT2D eigenvalue weighted by atomic mass is 10.0. The molecule has 7 nitrogen and oxygen atoms in total. The van der Waals surface area contributed by atoms with E-state index >= 15 is 0 Å². The smallest absolute Gasteiger partial charge is 0.411 e. The summed E-state index contributed by atoms with van der Waals surface area (Å²) in [5, 5.41) is 9.23. The number of nitrogen functional groups attached to an aromatic ring is 1. The molecular weight excluding hydrogens is 365 g/mol. The van der Waals surface area contributed by atoms with Crippen LogP contribution in [-0.2, 0) is 7.05 Å². The average Bonchev–Trinajstić information content (AvgIpc) is 2.66. The number of hydrogen-bond donors (Lipinski definition) is 2. The molecule has 0 atom stereocenters. The van der Waals surface area contributed by atoms with E-state index in [9.17, 15) is 19.1 Å². The minimum Gasteiger partial charge on any atom is -0.465 e. The van der Waals surface area contributed by atoms with Gasteiger partial charge in [-0.2, -0.15) is 0 Å². The fourth-order valence-corrected chi connectivity index (χ4v) is 2.68. The zero-order valence-electron chi connectivity index (χ0n) is 15.2. The van der Waals surface area contributed by atoms with Gasteiger partial charge in [0.05, 0.1) is 0 Å². The van der Waals surface area contributed by atoms with Crippen LogP contribution in [0, 0.1) is 5.82 Å². The Kier molecular flexibility index (Phi) is 5.04. The summed E-state index contributed by atoms with van der Waals surface area (Å²) in [6.07, 6.45) is 0.304. The van der Waals surface area contributed by atoms with Gasteiger partial charge in [0.15, 0.2) is 0 Å². The molecule has 0 saturated carbocycles. The predicted octanol–water partition coefficient (Wildman–Crippen LogP) is 3.68. The van der Waals surface area contributed by atoms with E-state index in [0.717, 1.165) is 4.90 Å². The summed E-state index contributed by atoms with van der Waals surface area (Å²) in [5.74, 6) is 0.452. The van der Waals surface area contributed by atoms with Gasteiger partial charge in [-0.1, -0.05) is 0 Å². The maximum absolute atomic E-state index is 13.1. The molecule has 0 bridgehead atoms. The second-order valence-corrected chi connectivity index (χ2v) is 6.18. The molecule has 1 aromatic heterocycles. The van der Waals surface area contributed by atoms with Crippen molar-refractivity contribution in [2.24, 2.45) is 7.05 Å². The zero-order chi connectivity index (χ0) is 20.4. The maximum atomic E-state index is 13.1. The molecule has 3 N–H and O–H groups in total. The van der Waals surface area contributed by atoms with Crippen molar-refractivity contribution in [3.63, 3.8) is 0 Å². The Balaban J connectivity index is 2.13. The molecule has 0 aliphatic rings. The van der Waals surface area contributed by atoms with Gasteiger partial charge in [-0.3, -0.25) is 9.69 Å². The van der Waals surface area contributed by atoms with Crippen molar-refractivity contribution in [2.75, 3.05) is 17.7 Å². The van der Waals surface area contributed by atoms with Crippen molar-refractivity contribution in [3.8, 4) is 22.6 Å². The number of aromatic nitrogens is 1. The summed E-state index contributed by atoms with van der Waals surface area (Å²) in [6, 6.07) is 11.9. The monoisotopic (exact) mass is 383 g/mol. The molecule has 0 saturated heterocycles. The SMILES string of the molecule is CN(C(=O)O)c1cc(-c2cc(N)ccc2Oc2ccc(F)cc2)cn(C)c1=O. The minimum atomic E-state index is -1.26. The molecule has 8 heteroatoms. The van der Waals surface area contributed by atoms with Crippen molar-refractivity contribution in [2.45, 2.75) is 0 Å². The number of ether oxygens (including phenoxy) is 1. The van der Waals surface area contributed by atoms with Crippen molar-refractivity contribution >= 4 is 17.5 Å². The number of carbonyl (C=O) groups is 1. The molecule has 2 aromatic carbocycles. The molecule has 0 spiro atoms. The van der Waals surface area contributed by atoms with Gasteiger partial charge in [0.1, 0.15) is 23.0 Å². The summed E-state index contributed by atoms with van der Waals surface area (Å²) in [4.78, 5) is 24.5. The Bertz CT molecular complexity index is 1090. The quantitative estimate of drug-likeness (QED) is 0.670. The molecule has 0 radical (unpaired) electrons. The first-order valence-corrected chi connectivity index (χ1v) is 8.27. The van der Waals surface area contributed by atoms with Crippen LogP contribution in [-0.4, -0.2) is 22.8 Å². The Morgan fingerprint density at radius 1 is 1.18 bits per heavy atom. The standard InChI is InChI=1S/C20H18FN3O4/c1-23-11-12(9-17(19(23)25)24(2)20(26)27)16-10-14(22)5-8-18(16)28-15-6-3-13(21)4-7-15/h3-11H,22H2,1-2H3,(H,26,27). The van der Waals surface area contributed by atoms with Crippen molar-refractivity contribution in [1.82, 2.24) is 4.57 Å². The number of nitrogens with two attached hydrogens (primary N) is 1. The van der Waals surface area contributed by atoms with Crippen LogP contribution in [0.2, 0.25) is 0 Å². The number of aryl methyl sites for hydroxylation is 1. The zero-order valence-corrected chi connectivity index (χ0v) is 15.2. The van der Waals surface area contributed by atoms with Crippen molar-refractivity contribution < 1.29 is 19.0 Å². The number of anilines is 2. The van der Waals surface area contributed by atoms with E-state index < -0.39 is 11.7 Å². The van der Waals surface area contributed by atoms with Crippen LogP contribution in [0.5, 0.6) is 11.5 Å². The van der Waals surface area contributed by atoms with Crippen LogP contribution >= 0.6 is 0 Å². The van der Waals surface area contributed by atoms with E-state index in [0.29, 0.717) is 28.3 Å². The van der Waals surface area contributed by atoms with E-state index in [1.807, 2.05) is 0 Å². The second-order valence-electron chi connectivity index (χ2n) is 6.18. The summed E-state index contributed by atoms with van der Waals surface area (Å²) in [6.45, 7) is 0. The lowest BCUT2D eigenvalue weighted by Crippen LogP contribution is -2.32. The molecule has 28 heavy (non-hydrogen) atoms. The summed E-state index contributed by atoms with van der Waals surface area (Å²) < 4.78 is 20.3. The number of rotatable bonds is 4. The van der Waals surface area contributed by atoms with E-state index in [4.69, 9.17) is 10.5 Å². The van der Waals surface area contributed by atoms with Crippen molar-refractivity contribution in [1.29, 1.82) is 0 Å². The van der Waals surface area contributed by atoms with Gasteiger partial charge in [0.2, 0.25) is 0 Å². The van der Waals surface area contributed by atoms with Gasteiger partial charge < -0.3 is 20.1 Å².